The third-order valence-electron chi connectivity index (χ3n) is 3.08. The summed E-state index contributed by atoms with van der Waals surface area (Å²) in [6.07, 6.45) is -4.42. The predicted molar refractivity (Wildman–Crippen MR) is 80.2 cm³/mol. The average Bonchev–Trinajstić information content (AvgIpc) is 3.23. The minimum atomic E-state index is -4.42. The molecule has 0 aliphatic heterocycles. The molecule has 0 fully saturated rings. The van der Waals surface area contributed by atoms with Gasteiger partial charge in [0.05, 0.1) is 12.1 Å². The fraction of sp³-hybridized carbons (Fsp3) is 0.133. The van der Waals surface area contributed by atoms with Gasteiger partial charge in [0.25, 0.3) is 0 Å². The standard InChI is InChI=1S/C15H10F3N3O2S/c16-15(17,18)10-5-3-9(4-6-10)13-20-21-14(23-13)12(22)19-8-11-2-1-7-24-11/h1-7H,8H2,(H,19,22). The Morgan fingerprint density at radius 3 is 2.54 bits per heavy atom. The van der Waals surface area contributed by atoms with E-state index in [0.717, 1.165) is 17.0 Å². The van der Waals surface area contributed by atoms with Crippen molar-refractivity contribution in [2.45, 2.75) is 12.7 Å². The molecule has 0 bridgehead atoms. The Bertz CT molecular complexity index is 827. The van der Waals surface area contributed by atoms with Crippen molar-refractivity contribution >= 4 is 17.2 Å². The molecule has 0 aliphatic carbocycles. The number of thiophene rings is 1. The summed E-state index contributed by atoms with van der Waals surface area (Å²) >= 11 is 1.49. The minimum Gasteiger partial charge on any atom is -0.412 e. The number of hydrogen-bond acceptors (Lipinski definition) is 5. The number of nitrogens with one attached hydrogen (secondary N) is 1. The first-order chi connectivity index (χ1) is 11.4. The quantitative estimate of drug-likeness (QED) is 0.776. The Kier molecular flexibility index (Phi) is 4.34. The van der Waals surface area contributed by atoms with Gasteiger partial charge in [-0.1, -0.05) is 6.07 Å². The van der Waals surface area contributed by atoms with Crippen molar-refractivity contribution < 1.29 is 22.4 Å². The normalized spacial score (nSPS) is 11.5. The second-order valence-electron chi connectivity index (χ2n) is 4.75. The third-order valence-corrected chi connectivity index (χ3v) is 3.96. The number of carbonyl (C=O) groups excluding carboxylic acids is 1. The van der Waals surface area contributed by atoms with Crippen LogP contribution in [0.5, 0.6) is 0 Å². The molecule has 24 heavy (non-hydrogen) atoms. The van der Waals surface area contributed by atoms with Gasteiger partial charge in [-0.05, 0) is 35.7 Å². The zero-order chi connectivity index (χ0) is 17.2. The van der Waals surface area contributed by atoms with E-state index in [4.69, 9.17) is 4.42 Å². The number of benzene rings is 1. The molecule has 0 spiro atoms. The van der Waals surface area contributed by atoms with Gasteiger partial charge >= 0.3 is 18.0 Å². The number of nitrogens with zero attached hydrogens (tertiary/aromatic N) is 2. The van der Waals surface area contributed by atoms with E-state index in [9.17, 15) is 18.0 Å². The van der Waals surface area contributed by atoms with Crippen LogP contribution >= 0.6 is 11.3 Å². The van der Waals surface area contributed by atoms with Crippen molar-refractivity contribution in [3.8, 4) is 11.5 Å². The predicted octanol–water partition coefficient (Wildman–Crippen LogP) is 3.75. The molecule has 0 saturated carbocycles. The van der Waals surface area contributed by atoms with Gasteiger partial charge in [0.2, 0.25) is 5.89 Å². The molecule has 1 aromatic carbocycles. The van der Waals surface area contributed by atoms with Gasteiger partial charge in [0.15, 0.2) is 0 Å². The third kappa shape index (κ3) is 3.62. The van der Waals surface area contributed by atoms with Crippen LogP contribution in [0.1, 0.15) is 21.1 Å². The number of alkyl halides is 3. The van der Waals surface area contributed by atoms with Gasteiger partial charge in [-0.15, -0.1) is 21.5 Å². The lowest BCUT2D eigenvalue weighted by Crippen LogP contribution is -2.22. The van der Waals surface area contributed by atoms with Crippen LogP contribution in [0.15, 0.2) is 46.2 Å². The smallest absolute Gasteiger partial charge is 0.412 e. The zero-order valence-electron chi connectivity index (χ0n) is 12.0. The Morgan fingerprint density at radius 2 is 1.92 bits per heavy atom. The molecule has 0 atom stereocenters. The number of hydrogen-bond donors (Lipinski definition) is 1. The number of halogens is 3. The number of rotatable bonds is 4. The first-order valence-electron chi connectivity index (χ1n) is 6.75. The molecular formula is C15H10F3N3O2S. The van der Waals surface area contributed by atoms with Crippen LogP contribution in [0.2, 0.25) is 0 Å². The van der Waals surface area contributed by atoms with Gasteiger partial charge < -0.3 is 9.73 Å². The van der Waals surface area contributed by atoms with Crippen LogP contribution < -0.4 is 5.32 Å². The molecule has 2 heterocycles. The van der Waals surface area contributed by atoms with Crippen LogP contribution in [0.3, 0.4) is 0 Å². The first-order valence-corrected chi connectivity index (χ1v) is 7.63. The molecule has 0 unspecified atom stereocenters. The van der Waals surface area contributed by atoms with E-state index in [2.05, 4.69) is 15.5 Å². The SMILES string of the molecule is O=C(NCc1cccs1)c1nnc(-c2ccc(C(F)(F)F)cc2)o1. The molecule has 9 heteroatoms. The van der Waals surface area contributed by atoms with Crippen LogP contribution in [0, 0.1) is 0 Å². The molecule has 0 saturated heterocycles. The van der Waals surface area contributed by atoms with E-state index >= 15 is 0 Å². The lowest BCUT2D eigenvalue weighted by molar-refractivity contribution is -0.137. The molecule has 5 nitrogen and oxygen atoms in total. The maximum Gasteiger partial charge on any atom is 0.416 e. The maximum atomic E-state index is 12.5. The molecule has 1 N–H and O–H groups in total. The van der Waals surface area contributed by atoms with E-state index < -0.39 is 17.6 Å². The maximum absolute atomic E-state index is 12.5. The van der Waals surface area contributed by atoms with Crippen molar-refractivity contribution in [3.05, 3.63) is 58.1 Å². The molecule has 0 radical (unpaired) electrons. The van der Waals surface area contributed by atoms with Crippen LogP contribution in [0.4, 0.5) is 13.2 Å². The summed E-state index contributed by atoms with van der Waals surface area (Å²) in [6.45, 7) is 0.328. The second-order valence-corrected chi connectivity index (χ2v) is 5.78. The van der Waals surface area contributed by atoms with Crippen LogP contribution in [0.25, 0.3) is 11.5 Å². The van der Waals surface area contributed by atoms with Crippen molar-refractivity contribution in [1.82, 2.24) is 15.5 Å². The summed E-state index contributed by atoms with van der Waals surface area (Å²) in [4.78, 5) is 12.9. The van der Waals surface area contributed by atoms with Crippen LogP contribution in [-0.2, 0) is 12.7 Å². The van der Waals surface area contributed by atoms with Crippen molar-refractivity contribution in [2.75, 3.05) is 0 Å². The number of carbonyl (C=O) groups is 1. The van der Waals surface area contributed by atoms with Gasteiger partial charge in [0, 0.05) is 10.4 Å². The van der Waals surface area contributed by atoms with E-state index in [-0.39, 0.29) is 11.8 Å². The minimum absolute atomic E-state index is 0.0231. The Labute approximate surface area is 138 Å². The number of amides is 1. The monoisotopic (exact) mass is 353 g/mol. The summed E-state index contributed by atoms with van der Waals surface area (Å²) in [5.41, 5.74) is -0.479. The van der Waals surface area contributed by atoms with E-state index in [0.29, 0.717) is 12.1 Å². The van der Waals surface area contributed by atoms with Gasteiger partial charge in [0.1, 0.15) is 0 Å². The largest absolute Gasteiger partial charge is 0.416 e. The number of aromatic nitrogens is 2. The fourth-order valence-corrected chi connectivity index (χ4v) is 2.53. The lowest BCUT2D eigenvalue weighted by atomic mass is 10.1. The zero-order valence-corrected chi connectivity index (χ0v) is 12.8. The topological polar surface area (TPSA) is 68.0 Å². The van der Waals surface area contributed by atoms with Crippen molar-refractivity contribution in [2.24, 2.45) is 0 Å². The average molecular weight is 353 g/mol. The molecule has 3 rings (SSSR count). The highest BCUT2D eigenvalue weighted by atomic mass is 32.1. The van der Waals surface area contributed by atoms with Crippen LogP contribution in [-0.4, -0.2) is 16.1 Å². The fourth-order valence-electron chi connectivity index (χ4n) is 1.89. The van der Waals surface area contributed by atoms with Gasteiger partial charge in [-0.25, -0.2) is 0 Å². The summed E-state index contributed by atoms with van der Waals surface area (Å²) < 4.78 is 42.8. The molecular weight excluding hydrogens is 343 g/mol. The lowest BCUT2D eigenvalue weighted by Gasteiger charge is -2.05. The van der Waals surface area contributed by atoms with Crippen molar-refractivity contribution in [3.63, 3.8) is 0 Å². The molecule has 2 aromatic heterocycles. The van der Waals surface area contributed by atoms with E-state index in [1.54, 1.807) is 0 Å². The Morgan fingerprint density at radius 1 is 1.17 bits per heavy atom. The molecule has 124 valence electrons. The van der Waals surface area contributed by atoms with E-state index in [1.165, 1.54) is 23.5 Å². The highest BCUT2D eigenvalue weighted by Crippen LogP contribution is 2.30. The Hall–Kier alpha value is -2.68. The Balaban J connectivity index is 1.69. The summed E-state index contributed by atoms with van der Waals surface area (Å²) in [6, 6.07) is 7.98. The first kappa shape index (κ1) is 16.2. The van der Waals surface area contributed by atoms with Crippen molar-refractivity contribution in [1.29, 1.82) is 0 Å². The highest BCUT2D eigenvalue weighted by Gasteiger charge is 2.30. The molecule has 1 amide bonds. The second kappa shape index (κ2) is 6.44. The molecule has 0 aliphatic rings. The molecule has 3 aromatic rings. The van der Waals surface area contributed by atoms with Gasteiger partial charge in [-0.2, -0.15) is 13.2 Å². The van der Waals surface area contributed by atoms with E-state index in [1.807, 2.05) is 17.5 Å². The highest BCUT2D eigenvalue weighted by molar-refractivity contribution is 7.09. The summed E-state index contributed by atoms with van der Waals surface area (Å²) in [7, 11) is 0. The summed E-state index contributed by atoms with van der Waals surface area (Å²) in [5, 5.41) is 11.8. The summed E-state index contributed by atoms with van der Waals surface area (Å²) in [5.74, 6) is -0.819. The van der Waals surface area contributed by atoms with Gasteiger partial charge in [-0.3, -0.25) is 4.79 Å².